The minimum Gasteiger partial charge on any atom is -0.489 e. The predicted octanol–water partition coefficient (Wildman–Crippen LogP) is 2.44. The Balaban J connectivity index is 1.41. The summed E-state index contributed by atoms with van der Waals surface area (Å²) in [7, 11) is 0. The zero-order valence-corrected chi connectivity index (χ0v) is 16.0. The summed E-state index contributed by atoms with van der Waals surface area (Å²) in [6.07, 6.45) is 8.17. The number of hydrogen-bond donors (Lipinski definition) is 2. The fourth-order valence-corrected chi connectivity index (χ4v) is 2.94. The Kier molecular flexibility index (Phi) is 5.24. The van der Waals surface area contributed by atoms with Crippen molar-refractivity contribution < 1.29 is 14.3 Å². The van der Waals surface area contributed by atoms with Crippen LogP contribution >= 0.6 is 0 Å². The van der Waals surface area contributed by atoms with Crippen LogP contribution in [0.3, 0.4) is 0 Å². The van der Waals surface area contributed by atoms with Crippen LogP contribution in [0.25, 0.3) is 0 Å². The molecule has 3 heterocycles. The second-order valence-corrected chi connectivity index (χ2v) is 7.04. The van der Waals surface area contributed by atoms with Crippen molar-refractivity contribution in [2.24, 2.45) is 0 Å². The van der Waals surface area contributed by atoms with Crippen LogP contribution < -0.4 is 20.1 Å². The van der Waals surface area contributed by atoms with Crippen molar-refractivity contribution in [1.29, 1.82) is 0 Å². The second-order valence-electron chi connectivity index (χ2n) is 7.04. The van der Waals surface area contributed by atoms with Crippen LogP contribution in [0.1, 0.15) is 23.0 Å². The standard InChI is InChI=1S/C21H21N5O3/c1-21(13-28-17-3-2-6-22-12-17)14-29-19-5-4-15(9-18(19)26-21)20(27)25-11-16-10-23-7-8-24-16/h2-10,12,26H,11,13-14H2,1H3,(H,25,27). The van der Waals surface area contributed by atoms with Crippen LogP contribution in [0.2, 0.25) is 0 Å². The first-order chi connectivity index (χ1) is 14.1. The lowest BCUT2D eigenvalue weighted by molar-refractivity contribution is 0.0950. The lowest BCUT2D eigenvalue weighted by atomic mass is 10.0. The Morgan fingerprint density at radius 1 is 1.24 bits per heavy atom. The van der Waals surface area contributed by atoms with Crippen LogP contribution in [-0.2, 0) is 6.54 Å². The van der Waals surface area contributed by atoms with Crippen molar-refractivity contribution in [3.8, 4) is 11.5 Å². The molecular weight excluding hydrogens is 370 g/mol. The van der Waals surface area contributed by atoms with E-state index in [1.165, 1.54) is 0 Å². The number of hydrogen-bond acceptors (Lipinski definition) is 7. The monoisotopic (exact) mass is 391 g/mol. The van der Waals surface area contributed by atoms with Gasteiger partial charge in [0.2, 0.25) is 0 Å². The second kappa shape index (κ2) is 8.14. The number of anilines is 1. The Bertz CT molecular complexity index is 984. The van der Waals surface area contributed by atoms with E-state index in [1.54, 1.807) is 49.2 Å². The van der Waals surface area contributed by atoms with Gasteiger partial charge in [0, 0.05) is 24.2 Å². The highest BCUT2D eigenvalue weighted by Gasteiger charge is 2.32. The minimum atomic E-state index is -0.447. The summed E-state index contributed by atoms with van der Waals surface area (Å²) < 4.78 is 11.7. The third-order valence-electron chi connectivity index (χ3n) is 4.46. The summed E-state index contributed by atoms with van der Waals surface area (Å²) in [5.74, 6) is 1.20. The molecular formula is C21H21N5O3. The third kappa shape index (κ3) is 4.60. The number of rotatable bonds is 6. The van der Waals surface area contributed by atoms with Crippen LogP contribution in [0.15, 0.2) is 61.3 Å². The summed E-state index contributed by atoms with van der Waals surface area (Å²) >= 11 is 0. The smallest absolute Gasteiger partial charge is 0.251 e. The number of pyridine rings is 1. The van der Waals surface area contributed by atoms with E-state index in [4.69, 9.17) is 9.47 Å². The molecule has 29 heavy (non-hydrogen) atoms. The molecule has 0 spiro atoms. The maximum absolute atomic E-state index is 12.5. The number of ether oxygens (including phenoxy) is 2. The molecule has 3 aromatic rings. The first kappa shape index (κ1) is 18.7. The Morgan fingerprint density at radius 2 is 2.14 bits per heavy atom. The molecule has 0 saturated heterocycles. The highest BCUT2D eigenvalue weighted by atomic mass is 16.5. The SMILES string of the molecule is CC1(COc2cccnc2)COc2ccc(C(=O)NCc3cnccn3)cc2N1. The van der Waals surface area contributed by atoms with Crippen LogP contribution in [0.4, 0.5) is 5.69 Å². The number of benzene rings is 1. The number of nitrogens with zero attached hydrogens (tertiary/aromatic N) is 3. The van der Waals surface area contributed by atoms with Gasteiger partial charge in [-0.15, -0.1) is 0 Å². The summed E-state index contributed by atoms with van der Waals surface area (Å²) in [6, 6.07) is 8.99. The molecule has 0 saturated carbocycles. The number of carbonyl (C=O) groups excluding carboxylic acids is 1. The lowest BCUT2D eigenvalue weighted by Gasteiger charge is -2.36. The molecule has 0 bridgehead atoms. The zero-order chi connectivity index (χ0) is 20.1. The van der Waals surface area contributed by atoms with Crippen molar-refractivity contribution in [3.63, 3.8) is 0 Å². The van der Waals surface area contributed by atoms with Gasteiger partial charge in [-0.3, -0.25) is 19.7 Å². The highest BCUT2D eigenvalue weighted by molar-refractivity contribution is 5.95. The van der Waals surface area contributed by atoms with Crippen molar-refractivity contribution >= 4 is 11.6 Å². The normalized spacial score (nSPS) is 17.4. The lowest BCUT2D eigenvalue weighted by Crippen LogP contribution is -2.48. The molecule has 1 aliphatic rings. The van der Waals surface area contributed by atoms with E-state index in [9.17, 15) is 4.79 Å². The van der Waals surface area contributed by atoms with E-state index in [1.807, 2.05) is 19.1 Å². The highest BCUT2D eigenvalue weighted by Crippen LogP contribution is 2.33. The maximum atomic E-state index is 12.5. The first-order valence-corrected chi connectivity index (χ1v) is 9.22. The molecule has 1 atom stereocenters. The zero-order valence-electron chi connectivity index (χ0n) is 16.0. The van der Waals surface area contributed by atoms with Crippen LogP contribution in [0, 0.1) is 0 Å². The van der Waals surface area contributed by atoms with Gasteiger partial charge in [-0.25, -0.2) is 0 Å². The van der Waals surface area contributed by atoms with E-state index in [-0.39, 0.29) is 5.91 Å². The Labute approximate surface area is 168 Å². The molecule has 0 fully saturated rings. The summed E-state index contributed by atoms with van der Waals surface area (Å²) in [4.78, 5) is 24.7. The quantitative estimate of drug-likeness (QED) is 0.666. The van der Waals surface area contributed by atoms with Gasteiger partial charge >= 0.3 is 0 Å². The first-order valence-electron chi connectivity index (χ1n) is 9.22. The molecule has 2 N–H and O–H groups in total. The van der Waals surface area contributed by atoms with E-state index in [0.29, 0.717) is 42.5 Å². The van der Waals surface area contributed by atoms with Gasteiger partial charge in [0.1, 0.15) is 30.3 Å². The summed E-state index contributed by atoms with van der Waals surface area (Å²) in [5, 5.41) is 6.29. The van der Waals surface area contributed by atoms with Crippen molar-refractivity contribution in [2.75, 3.05) is 18.5 Å². The summed E-state index contributed by atoms with van der Waals surface area (Å²) in [5.41, 5.74) is 1.53. The van der Waals surface area contributed by atoms with Gasteiger partial charge in [-0.2, -0.15) is 0 Å². The van der Waals surface area contributed by atoms with Crippen LogP contribution in [0.5, 0.6) is 11.5 Å². The largest absolute Gasteiger partial charge is 0.489 e. The van der Waals surface area contributed by atoms with Gasteiger partial charge < -0.3 is 20.1 Å². The number of carbonyl (C=O) groups is 1. The van der Waals surface area contributed by atoms with E-state index in [2.05, 4.69) is 25.6 Å². The van der Waals surface area contributed by atoms with Gasteiger partial charge in [0.05, 0.1) is 30.3 Å². The molecule has 1 aromatic carbocycles. The minimum absolute atomic E-state index is 0.195. The third-order valence-corrected chi connectivity index (χ3v) is 4.46. The molecule has 0 aliphatic carbocycles. The fraction of sp³-hybridized carbons (Fsp3) is 0.238. The van der Waals surface area contributed by atoms with Gasteiger partial charge in [-0.05, 0) is 37.3 Å². The Hall–Kier alpha value is -3.68. The van der Waals surface area contributed by atoms with E-state index in [0.717, 1.165) is 5.69 Å². The van der Waals surface area contributed by atoms with E-state index < -0.39 is 5.54 Å². The Morgan fingerprint density at radius 3 is 2.93 bits per heavy atom. The molecule has 8 nitrogen and oxygen atoms in total. The van der Waals surface area contributed by atoms with Gasteiger partial charge in [-0.1, -0.05) is 0 Å². The number of amides is 1. The molecule has 148 valence electrons. The van der Waals surface area contributed by atoms with Gasteiger partial charge in [0.25, 0.3) is 5.91 Å². The number of fused-ring (bicyclic) bond motifs is 1. The molecule has 2 aromatic heterocycles. The maximum Gasteiger partial charge on any atom is 0.251 e. The molecule has 1 aliphatic heterocycles. The van der Waals surface area contributed by atoms with Gasteiger partial charge in [0.15, 0.2) is 0 Å². The van der Waals surface area contributed by atoms with Crippen molar-refractivity contribution in [3.05, 3.63) is 72.6 Å². The molecule has 8 heteroatoms. The van der Waals surface area contributed by atoms with Crippen LogP contribution in [-0.4, -0.2) is 39.6 Å². The molecule has 1 amide bonds. The van der Waals surface area contributed by atoms with E-state index >= 15 is 0 Å². The molecule has 0 radical (unpaired) electrons. The average Bonchev–Trinajstić information content (AvgIpc) is 2.77. The fourth-order valence-electron chi connectivity index (χ4n) is 2.94. The molecule has 1 unspecified atom stereocenters. The summed E-state index contributed by atoms with van der Waals surface area (Å²) in [6.45, 7) is 3.15. The topological polar surface area (TPSA) is 98.3 Å². The predicted molar refractivity (Wildman–Crippen MR) is 107 cm³/mol. The average molecular weight is 391 g/mol. The van der Waals surface area contributed by atoms with Crippen molar-refractivity contribution in [2.45, 2.75) is 19.0 Å². The number of nitrogens with one attached hydrogen (secondary N) is 2. The molecule has 4 rings (SSSR count). The van der Waals surface area contributed by atoms with Crippen molar-refractivity contribution in [1.82, 2.24) is 20.3 Å². The number of aromatic nitrogens is 3.